The van der Waals surface area contributed by atoms with Crippen molar-refractivity contribution in [2.75, 3.05) is 11.4 Å². The number of aromatic nitrogens is 2. The molecule has 5 heteroatoms. The van der Waals surface area contributed by atoms with Crippen molar-refractivity contribution in [3.05, 3.63) is 65.8 Å². The molecule has 0 saturated carbocycles. The summed E-state index contributed by atoms with van der Waals surface area (Å²) in [5, 5.41) is 0. The van der Waals surface area contributed by atoms with Gasteiger partial charge in [-0.1, -0.05) is 12.2 Å². The van der Waals surface area contributed by atoms with Gasteiger partial charge in [-0.25, -0.2) is 8.78 Å². The van der Waals surface area contributed by atoms with E-state index in [1.54, 1.807) is 13.1 Å². The van der Waals surface area contributed by atoms with Crippen LogP contribution in [0, 0.1) is 18.6 Å². The van der Waals surface area contributed by atoms with Crippen molar-refractivity contribution in [2.24, 2.45) is 0 Å². The highest BCUT2D eigenvalue weighted by molar-refractivity contribution is 5.70. The molecular formula is C17H15F2N3. The van der Waals surface area contributed by atoms with Gasteiger partial charge < -0.3 is 4.90 Å². The lowest BCUT2D eigenvalue weighted by Gasteiger charge is -2.28. The molecule has 112 valence electrons. The molecule has 0 spiro atoms. The lowest BCUT2D eigenvalue weighted by Crippen LogP contribution is -2.25. The Bertz CT molecular complexity index is 781. The predicted octanol–water partition coefficient (Wildman–Crippen LogP) is 4.01. The standard InChI is InChI=1S/C17H15F2N3/c1-11-9-21-16(13-6-7-20-10-14(13)18)15(19)17(11)22-8-4-3-5-12(22)2/h3-7,9-10H,8H2,1-2H3. The summed E-state index contributed by atoms with van der Waals surface area (Å²) in [5.41, 5.74) is 2.18. The fourth-order valence-corrected chi connectivity index (χ4v) is 2.53. The molecule has 0 aliphatic carbocycles. The van der Waals surface area contributed by atoms with Gasteiger partial charge in [0.2, 0.25) is 0 Å². The van der Waals surface area contributed by atoms with Crippen molar-refractivity contribution in [3.63, 3.8) is 0 Å². The Hall–Kier alpha value is -2.56. The fraction of sp³-hybridized carbons (Fsp3) is 0.176. The summed E-state index contributed by atoms with van der Waals surface area (Å²) in [6.45, 7) is 4.28. The van der Waals surface area contributed by atoms with E-state index in [2.05, 4.69) is 9.97 Å². The summed E-state index contributed by atoms with van der Waals surface area (Å²) in [5.74, 6) is -1.11. The van der Waals surface area contributed by atoms with Gasteiger partial charge in [0.05, 0.1) is 11.9 Å². The van der Waals surface area contributed by atoms with Crippen LogP contribution in [0.5, 0.6) is 0 Å². The summed E-state index contributed by atoms with van der Waals surface area (Å²) in [6, 6.07) is 1.43. The van der Waals surface area contributed by atoms with Gasteiger partial charge in [0, 0.05) is 30.2 Å². The second-order valence-electron chi connectivity index (χ2n) is 5.15. The summed E-state index contributed by atoms with van der Waals surface area (Å²) in [6.07, 6.45) is 9.84. The predicted molar refractivity (Wildman–Crippen MR) is 82.4 cm³/mol. The highest BCUT2D eigenvalue weighted by atomic mass is 19.1. The maximum absolute atomic E-state index is 15.0. The van der Waals surface area contributed by atoms with E-state index in [0.29, 0.717) is 17.8 Å². The van der Waals surface area contributed by atoms with E-state index in [1.165, 1.54) is 12.3 Å². The largest absolute Gasteiger partial charge is 0.339 e. The molecule has 3 heterocycles. The third kappa shape index (κ3) is 2.39. The first kappa shape index (κ1) is 14.4. The number of rotatable bonds is 2. The Balaban J connectivity index is 2.17. The molecule has 0 aromatic carbocycles. The van der Waals surface area contributed by atoms with Gasteiger partial charge in [-0.05, 0) is 31.6 Å². The van der Waals surface area contributed by atoms with Gasteiger partial charge in [-0.3, -0.25) is 9.97 Å². The number of anilines is 1. The van der Waals surface area contributed by atoms with E-state index < -0.39 is 11.6 Å². The molecule has 0 bridgehead atoms. The van der Waals surface area contributed by atoms with Gasteiger partial charge in [0.25, 0.3) is 0 Å². The average molecular weight is 299 g/mol. The van der Waals surface area contributed by atoms with Crippen LogP contribution >= 0.6 is 0 Å². The quantitative estimate of drug-likeness (QED) is 0.839. The normalized spacial score (nSPS) is 14.2. The minimum absolute atomic E-state index is 0.00264. The topological polar surface area (TPSA) is 29.0 Å². The zero-order valence-electron chi connectivity index (χ0n) is 12.3. The van der Waals surface area contributed by atoms with Gasteiger partial charge in [-0.2, -0.15) is 0 Å². The molecule has 0 fully saturated rings. The molecule has 0 amide bonds. The molecule has 0 radical (unpaired) electrons. The molecule has 1 aliphatic rings. The average Bonchev–Trinajstić information content (AvgIpc) is 2.50. The maximum Gasteiger partial charge on any atom is 0.173 e. The molecule has 2 aromatic heterocycles. The first-order chi connectivity index (χ1) is 10.6. The molecule has 0 N–H and O–H groups in total. The van der Waals surface area contributed by atoms with Crippen LogP contribution in [0.2, 0.25) is 0 Å². The summed E-state index contributed by atoms with van der Waals surface area (Å²) < 4.78 is 28.9. The Morgan fingerprint density at radius 2 is 2.00 bits per heavy atom. The van der Waals surface area contributed by atoms with Gasteiger partial charge >= 0.3 is 0 Å². The smallest absolute Gasteiger partial charge is 0.173 e. The van der Waals surface area contributed by atoms with Gasteiger partial charge in [-0.15, -0.1) is 0 Å². The lowest BCUT2D eigenvalue weighted by molar-refractivity contribution is 0.606. The number of hydrogen-bond acceptors (Lipinski definition) is 3. The lowest BCUT2D eigenvalue weighted by atomic mass is 10.1. The summed E-state index contributed by atoms with van der Waals surface area (Å²) >= 11 is 0. The molecule has 1 aliphatic heterocycles. The second kappa shape index (κ2) is 5.67. The Kier molecular flexibility index (Phi) is 3.71. The molecular weight excluding hydrogens is 284 g/mol. The Morgan fingerprint density at radius 1 is 1.18 bits per heavy atom. The third-order valence-corrected chi connectivity index (χ3v) is 3.66. The Morgan fingerprint density at radius 3 is 2.73 bits per heavy atom. The van der Waals surface area contributed by atoms with E-state index >= 15 is 4.39 Å². The van der Waals surface area contributed by atoms with Crippen LogP contribution in [-0.4, -0.2) is 16.5 Å². The maximum atomic E-state index is 15.0. The monoisotopic (exact) mass is 299 g/mol. The minimum atomic E-state index is -0.588. The van der Waals surface area contributed by atoms with Crippen LogP contribution in [-0.2, 0) is 0 Å². The first-order valence-electron chi connectivity index (χ1n) is 6.95. The SMILES string of the molecule is CC1=CC=CCN1c1c(C)cnc(-c2ccncc2F)c1F. The third-order valence-electron chi connectivity index (χ3n) is 3.66. The molecule has 0 saturated heterocycles. The van der Waals surface area contributed by atoms with E-state index in [-0.39, 0.29) is 11.3 Å². The van der Waals surface area contributed by atoms with E-state index in [9.17, 15) is 4.39 Å². The van der Waals surface area contributed by atoms with Crippen molar-refractivity contribution in [1.29, 1.82) is 0 Å². The van der Waals surface area contributed by atoms with Gasteiger partial charge in [0.15, 0.2) is 11.6 Å². The number of allylic oxidation sites excluding steroid dienone is 3. The van der Waals surface area contributed by atoms with Crippen molar-refractivity contribution >= 4 is 5.69 Å². The number of hydrogen-bond donors (Lipinski definition) is 0. The molecule has 0 unspecified atom stereocenters. The summed E-state index contributed by atoms with van der Waals surface area (Å²) in [4.78, 5) is 9.63. The van der Waals surface area contributed by atoms with Crippen LogP contribution in [0.25, 0.3) is 11.3 Å². The van der Waals surface area contributed by atoms with E-state index in [0.717, 1.165) is 11.9 Å². The van der Waals surface area contributed by atoms with Gasteiger partial charge in [0.1, 0.15) is 5.69 Å². The number of nitrogens with zero attached hydrogens (tertiary/aromatic N) is 3. The number of aryl methyl sites for hydroxylation is 1. The molecule has 0 atom stereocenters. The summed E-state index contributed by atoms with van der Waals surface area (Å²) in [7, 11) is 0. The number of halogens is 2. The van der Waals surface area contributed by atoms with Crippen molar-refractivity contribution in [3.8, 4) is 11.3 Å². The minimum Gasteiger partial charge on any atom is -0.339 e. The highest BCUT2D eigenvalue weighted by Gasteiger charge is 2.22. The molecule has 3 nitrogen and oxygen atoms in total. The second-order valence-corrected chi connectivity index (χ2v) is 5.15. The fourth-order valence-electron chi connectivity index (χ4n) is 2.53. The van der Waals surface area contributed by atoms with Crippen molar-refractivity contribution < 1.29 is 8.78 Å². The van der Waals surface area contributed by atoms with Crippen LogP contribution in [0.1, 0.15) is 12.5 Å². The van der Waals surface area contributed by atoms with Crippen LogP contribution in [0.3, 0.4) is 0 Å². The van der Waals surface area contributed by atoms with E-state index in [4.69, 9.17) is 0 Å². The van der Waals surface area contributed by atoms with E-state index in [1.807, 2.05) is 30.1 Å². The van der Waals surface area contributed by atoms with Crippen LogP contribution in [0.4, 0.5) is 14.5 Å². The Labute approximate surface area is 127 Å². The zero-order valence-corrected chi connectivity index (χ0v) is 12.3. The zero-order chi connectivity index (χ0) is 15.7. The number of pyridine rings is 2. The molecule has 3 rings (SSSR count). The van der Waals surface area contributed by atoms with Crippen LogP contribution < -0.4 is 4.90 Å². The molecule has 2 aromatic rings. The first-order valence-corrected chi connectivity index (χ1v) is 6.95. The highest BCUT2D eigenvalue weighted by Crippen LogP contribution is 2.34. The molecule has 22 heavy (non-hydrogen) atoms. The van der Waals surface area contributed by atoms with Crippen LogP contribution in [0.15, 0.2) is 48.6 Å². The van der Waals surface area contributed by atoms with Crippen molar-refractivity contribution in [2.45, 2.75) is 13.8 Å². The van der Waals surface area contributed by atoms with Crippen molar-refractivity contribution in [1.82, 2.24) is 9.97 Å².